The van der Waals surface area contributed by atoms with Gasteiger partial charge in [-0.15, -0.1) is 11.3 Å². The zero-order valence-electron chi connectivity index (χ0n) is 22.2. The molecule has 2 heterocycles. The van der Waals surface area contributed by atoms with Crippen molar-refractivity contribution in [2.75, 3.05) is 20.3 Å². The Balaban J connectivity index is 1.26. The van der Waals surface area contributed by atoms with Crippen LogP contribution in [0.25, 0.3) is 10.2 Å². The third-order valence-corrected chi connectivity index (χ3v) is 7.55. The second kappa shape index (κ2) is 13.5. The number of esters is 1. The monoisotopic (exact) mass is 574 g/mol. The van der Waals surface area contributed by atoms with Gasteiger partial charge in [-0.1, -0.05) is 6.07 Å². The van der Waals surface area contributed by atoms with Crippen molar-refractivity contribution in [1.82, 2.24) is 20.6 Å². The molecular weight excluding hydrogens is 543 g/mol. The van der Waals surface area contributed by atoms with E-state index in [4.69, 9.17) is 14.2 Å². The summed E-state index contributed by atoms with van der Waals surface area (Å²) in [6, 6.07) is 4.32. The first-order valence-electron chi connectivity index (χ1n) is 12.8. The second-order valence-corrected chi connectivity index (χ2v) is 10.4. The van der Waals surface area contributed by atoms with Gasteiger partial charge in [-0.25, -0.2) is 9.37 Å². The first kappa shape index (κ1) is 29.2. The highest BCUT2D eigenvalue weighted by Crippen LogP contribution is 2.26. The normalized spacial score (nSPS) is 16.9. The van der Waals surface area contributed by atoms with E-state index in [0.717, 1.165) is 25.7 Å². The number of thiophene rings is 1. The highest BCUT2D eigenvalue weighted by Gasteiger charge is 2.23. The Morgan fingerprint density at radius 2 is 1.98 bits per heavy atom. The third-order valence-electron chi connectivity index (χ3n) is 6.63. The van der Waals surface area contributed by atoms with Crippen molar-refractivity contribution in [3.05, 3.63) is 56.7 Å². The van der Waals surface area contributed by atoms with Crippen LogP contribution in [-0.2, 0) is 32.2 Å². The average Bonchev–Trinajstić information content (AvgIpc) is 3.35. The molecule has 1 fully saturated rings. The van der Waals surface area contributed by atoms with Gasteiger partial charge in [-0.3, -0.25) is 19.2 Å². The summed E-state index contributed by atoms with van der Waals surface area (Å²) < 4.78 is 29.2. The number of carbonyl (C=O) groups is 3. The number of amides is 2. The van der Waals surface area contributed by atoms with Crippen LogP contribution in [0.1, 0.15) is 54.4 Å². The minimum atomic E-state index is -0.563. The average molecular weight is 575 g/mol. The molecule has 13 heteroatoms. The predicted molar refractivity (Wildman–Crippen MR) is 145 cm³/mol. The maximum Gasteiger partial charge on any atom is 0.303 e. The molecule has 0 unspecified atom stereocenters. The van der Waals surface area contributed by atoms with E-state index in [2.05, 4.69) is 20.6 Å². The Morgan fingerprint density at radius 1 is 1.20 bits per heavy atom. The number of hydrogen-bond donors (Lipinski definition) is 3. The number of fused-ring (bicyclic) bond motifs is 1. The Morgan fingerprint density at radius 3 is 2.70 bits per heavy atom. The van der Waals surface area contributed by atoms with Crippen molar-refractivity contribution in [2.24, 2.45) is 5.92 Å². The number of carbonyl (C=O) groups excluding carboxylic acids is 3. The van der Waals surface area contributed by atoms with Crippen molar-refractivity contribution < 1.29 is 33.0 Å². The van der Waals surface area contributed by atoms with E-state index in [0.29, 0.717) is 33.9 Å². The summed E-state index contributed by atoms with van der Waals surface area (Å²) in [5.74, 6) is -1.56. The predicted octanol–water partition coefficient (Wildman–Crippen LogP) is 2.82. The van der Waals surface area contributed by atoms with Crippen molar-refractivity contribution in [3.8, 4) is 5.75 Å². The number of nitrogens with zero attached hydrogens (tertiary/aromatic N) is 1. The van der Waals surface area contributed by atoms with Crippen LogP contribution in [0, 0.1) is 11.7 Å². The number of aromatic nitrogens is 2. The number of aromatic amines is 1. The maximum absolute atomic E-state index is 13.6. The smallest absolute Gasteiger partial charge is 0.303 e. The third kappa shape index (κ3) is 7.63. The van der Waals surface area contributed by atoms with E-state index >= 15 is 0 Å². The largest absolute Gasteiger partial charge is 0.494 e. The van der Waals surface area contributed by atoms with Gasteiger partial charge in [-0.2, -0.15) is 0 Å². The molecule has 0 spiro atoms. The molecule has 4 rings (SSSR count). The molecule has 3 N–H and O–H groups in total. The molecule has 1 aliphatic rings. The summed E-state index contributed by atoms with van der Waals surface area (Å²) in [6.07, 6.45) is 3.39. The number of benzene rings is 1. The highest BCUT2D eigenvalue weighted by molar-refractivity contribution is 7.16. The lowest BCUT2D eigenvalue weighted by Gasteiger charge is -2.28. The lowest BCUT2D eigenvalue weighted by atomic mass is 9.86. The number of hydrogen-bond acceptors (Lipinski definition) is 9. The summed E-state index contributed by atoms with van der Waals surface area (Å²) >= 11 is 1.26. The Bertz CT molecular complexity index is 1430. The number of rotatable bonds is 11. The van der Waals surface area contributed by atoms with Gasteiger partial charge >= 0.3 is 5.97 Å². The van der Waals surface area contributed by atoms with Crippen LogP contribution in [-0.4, -0.2) is 54.1 Å². The van der Waals surface area contributed by atoms with Crippen molar-refractivity contribution in [2.45, 2.75) is 51.8 Å². The molecule has 214 valence electrons. The second-order valence-electron chi connectivity index (χ2n) is 9.59. The van der Waals surface area contributed by atoms with E-state index < -0.39 is 23.3 Å². The molecule has 2 aromatic heterocycles. The molecule has 0 atom stereocenters. The zero-order valence-corrected chi connectivity index (χ0v) is 23.0. The van der Waals surface area contributed by atoms with Crippen molar-refractivity contribution in [1.29, 1.82) is 0 Å². The van der Waals surface area contributed by atoms with Crippen LogP contribution in [0.5, 0.6) is 5.75 Å². The topological polar surface area (TPSA) is 149 Å². The van der Waals surface area contributed by atoms with E-state index in [1.807, 2.05) is 0 Å². The van der Waals surface area contributed by atoms with Gasteiger partial charge in [0.1, 0.15) is 4.83 Å². The minimum Gasteiger partial charge on any atom is -0.494 e. The van der Waals surface area contributed by atoms with Gasteiger partial charge in [-0.05, 0) is 54.7 Å². The van der Waals surface area contributed by atoms with E-state index in [1.165, 1.54) is 43.6 Å². The molecule has 0 aliphatic heterocycles. The lowest BCUT2D eigenvalue weighted by molar-refractivity contribution is -0.146. The van der Waals surface area contributed by atoms with Gasteiger partial charge in [0.2, 0.25) is 5.82 Å². The van der Waals surface area contributed by atoms with Crippen LogP contribution in [0.15, 0.2) is 28.4 Å². The maximum atomic E-state index is 13.6. The number of nitrogens with one attached hydrogen (secondary N) is 3. The number of ether oxygens (including phenoxy) is 3. The molecule has 1 aromatic carbocycles. The standard InChI is InChI=1S/C27H31FN4O7S/c1-15(33)39-13-22(34)30-19-6-3-16(4-7-19)11-38-12-18-14-40-27-23(18)25(35)31-24(32-27)26(36)29-10-17-5-8-20(28)21(9-17)37-2/h5,8-9,14,16,19H,3-4,6-7,10-13H2,1-2H3,(H,29,36)(H,30,34)(H,31,32,35). The van der Waals surface area contributed by atoms with Crippen molar-refractivity contribution in [3.63, 3.8) is 0 Å². The fourth-order valence-corrected chi connectivity index (χ4v) is 5.47. The molecule has 1 saturated carbocycles. The number of halogens is 1. The van der Waals surface area contributed by atoms with E-state index in [-0.39, 0.29) is 43.3 Å². The molecule has 11 nitrogen and oxygen atoms in total. The summed E-state index contributed by atoms with van der Waals surface area (Å²) in [5, 5.41) is 7.75. The van der Waals surface area contributed by atoms with E-state index in [1.54, 1.807) is 5.38 Å². The van der Waals surface area contributed by atoms with Crippen LogP contribution < -0.4 is 20.9 Å². The molecule has 0 radical (unpaired) electrons. The van der Waals surface area contributed by atoms with Crippen LogP contribution in [0.4, 0.5) is 4.39 Å². The first-order valence-corrected chi connectivity index (χ1v) is 13.7. The summed E-state index contributed by atoms with van der Waals surface area (Å²) in [6.45, 7) is 1.85. The van der Waals surface area contributed by atoms with Gasteiger partial charge in [0.05, 0.1) is 19.1 Å². The lowest BCUT2D eigenvalue weighted by Crippen LogP contribution is -2.40. The Kier molecular flexibility index (Phi) is 9.83. The Labute approximate surface area is 233 Å². The molecule has 0 bridgehead atoms. The summed E-state index contributed by atoms with van der Waals surface area (Å²) in [7, 11) is 1.36. The van der Waals surface area contributed by atoms with Gasteiger partial charge in [0, 0.05) is 31.7 Å². The summed E-state index contributed by atoms with van der Waals surface area (Å²) in [4.78, 5) is 55.4. The molecule has 0 saturated heterocycles. The van der Waals surface area contributed by atoms with Crippen LogP contribution in [0.3, 0.4) is 0 Å². The Hall–Kier alpha value is -3.84. The number of methoxy groups -OCH3 is 1. The minimum absolute atomic E-state index is 0.0506. The molecule has 1 aliphatic carbocycles. The number of H-pyrrole nitrogens is 1. The molecule has 40 heavy (non-hydrogen) atoms. The SMILES string of the molecule is COc1cc(CNC(=O)c2nc3scc(COCC4CCC(NC(=O)COC(C)=O)CC4)c3c(=O)[nH]2)ccc1F. The highest BCUT2D eigenvalue weighted by atomic mass is 32.1. The molecule has 2 amide bonds. The van der Waals surface area contributed by atoms with Crippen molar-refractivity contribution >= 4 is 39.3 Å². The van der Waals surface area contributed by atoms with Crippen LogP contribution in [0.2, 0.25) is 0 Å². The fraction of sp³-hybridized carbons (Fsp3) is 0.444. The quantitative estimate of drug-likeness (QED) is 0.296. The van der Waals surface area contributed by atoms with Gasteiger partial charge < -0.3 is 29.8 Å². The molecule has 3 aromatic rings. The van der Waals surface area contributed by atoms with Crippen LogP contribution >= 0.6 is 11.3 Å². The van der Waals surface area contributed by atoms with Gasteiger partial charge in [0.15, 0.2) is 18.2 Å². The zero-order chi connectivity index (χ0) is 28.6. The van der Waals surface area contributed by atoms with Gasteiger partial charge in [0.25, 0.3) is 17.4 Å². The fourth-order valence-electron chi connectivity index (χ4n) is 4.55. The van der Waals surface area contributed by atoms with E-state index in [9.17, 15) is 23.6 Å². The first-order chi connectivity index (χ1) is 19.2. The summed E-state index contributed by atoms with van der Waals surface area (Å²) in [5.41, 5.74) is 0.900. The molecular formula is C27H31FN4O7S.